The molecule has 1 radical (unpaired) electrons. The van der Waals surface area contributed by atoms with Crippen molar-refractivity contribution in [3.63, 3.8) is 0 Å². The summed E-state index contributed by atoms with van der Waals surface area (Å²) < 4.78 is 0. The number of piperidine rings is 1. The summed E-state index contributed by atoms with van der Waals surface area (Å²) in [7, 11) is 0. The number of likely N-dealkylation sites (N-methyl/N-ethyl adjacent to an activating group) is 2. The topological polar surface area (TPSA) is 37.7 Å². The summed E-state index contributed by atoms with van der Waals surface area (Å²) in [6.45, 7) is 11.3. The number of carbonyl (C=O) groups is 1. The average molecular weight is 240 g/mol. The molecular weight excluding hydrogens is 214 g/mol. The summed E-state index contributed by atoms with van der Waals surface area (Å²) in [5.41, 5.74) is 0. The lowest BCUT2D eigenvalue weighted by Crippen LogP contribution is -2.47. The van der Waals surface area contributed by atoms with Gasteiger partial charge in [0.2, 0.25) is 5.91 Å². The lowest BCUT2D eigenvalue weighted by atomic mass is 10.0. The molecule has 1 rings (SSSR count). The van der Waals surface area contributed by atoms with Gasteiger partial charge in [0.05, 0.1) is 6.54 Å². The van der Waals surface area contributed by atoms with Crippen LogP contribution in [0.2, 0.25) is 0 Å². The molecule has 0 bridgehead atoms. The monoisotopic (exact) mass is 240 g/mol. The summed E-state index contributed by atoms with van der Waals surface area (Å²) in [4.78, 5) is 16.3. The van der Waals surface area contributed by atoms with E-state index in [0.717, 1.165) is 45.6 Å². The Hall–Kier alpha value is -0.610. The molecular formula is C13H26N3O. The van der Waals surface area contributed by atoms with Crippen LogP contribution in [0.3, 0.4) is 0 Å². The Balaban J connectivity index is 2.47. The Labute approximate surface area is 105 Å². The fourth-order valence-electron chi connectivity index (χ4n) is 2.45. The molecule has 0 aromatic carbocycles. The Morgan fingerprint density at radius 2 is 1.71 bits per heavy atom. The zero-order valence-electron chi connectivity index (χ0n) is 11.5. The van der Waals surface area contributed by atoms with Crippen LogP contribution in [0.5, 0.6) is 0 Å². The molecule has 0 unspecified atom stereocenters. The molecule has 0 atom stereocenters. The first-order chi connectivity index (χ1) is 8.22. The van der Waals surface area contributed by atoms with Gasteiger partial charge in [0, 0.05) is 32.2 Å². The minimum Gasteiger partial charge on any atom is -0.342 e. The van der Waals surface area contributed by atoms with Gasteiger partial charge in [-0.1, -0.05) is 6.92 Å². The minimum absolute atomic E-state index is 0.263. The lowest BCUT2D eigenvalue weighted by molar-refractivity contribution is -0.132. The summed E-state index contributed by atoms with van der Waals surface area (Å²) in [6.07, 6.45) is 2.22. The molecule has 4 nitrogen and oxygen atoms in total. The van der Waals surface area contributed by atoms with Crippen LogP contribution >= 0.6 is 0 Å². The summed E-state index contributed by atoms with van der Waals surface area (Å²) in [5, 5.41) is 4.37. The van der Waals surface area contributed by atoms with Crippen molar-refractivity contribution in [2.24, 2.45) is 0 Å². The second kappa shape index (κ2) is 7.67. The van der Waals surface area contributed by atoms with E-state index in [-0.39, 0.29) is 5.91 Å². The highest BCUT2D eigenvalue weighted by atomic mass is 16.2. The highest BCUT2D eigenvalue weighted by molar-refractivity contribution is 5.78. The normalized spacial score (nSPS) is 17.4. The number of hydrogen-bond donors (Lipinski definition) is 0. The number of amides is 1. The van der Waals surface area contributed by atoms with E-state index in [1.807, 2.05) is 18.7 Å². The molecule has 1 aliphatic heterocycles. The number of rotatable bonds is 6. The van der Waals surface area contributed by atoms with E-state index in [2.05, 4.69) is 17.1 Å². The third kappa shape index (κ3) is 4.28. The third-order valence-corrected chi connectivity index (χ3v) is 3.62. The molecule has 1 aliphatic rings. The van der Waals surface area contributed by atoms with Crippen molar-refractivity contribution in [2.45, 2.75) is 39.7 Å². The van der Waals surface area contributed by atoms with Crippen LogP contribution in [0.4, 0.5) is 0 Å². The van der Waals surface area contributed by atoms with E-state index < -0.39 is 0 Å². The molecule has 99 valence electrons. The lowest BCUT2D eigenvalue weighted by Gasteiger charge is -2.34. The molecule has 0 aliphatic carbocycles. The zero-order chi connectivity index (χ0) is 12.7. The van der Waals surface area contributed by atoms with E-state index in [9.17, 15) is 4.79 Å². The van der Waals surface area contributed by atoms with Crippen LogP contribution in [-0.4, -0.2) is 61.0 Å². The van der Waals surface area contributed by atoms with E-state index in [4.69, 9.17) is 0 Å². The molecule has 0 N–H and O–H groups in total. The quantitative estimate of drug-likeness (QED) is 0.693. The maximum atomic E-state index is 12.1. The molecule has 1 heterocycles. The molecule has 0 aromatic rings. The molecule has 1 fully saturated rings. The van der Waals surface area contributed by atoms with Crippen molar-refractivity contribution in [3.05, 3.63) is 0 Å². The van der Waals surface area contributed by atoms with Gasteiger partial charge in [0.1, 0.15) is 0 Å². The van der Waals surface area contributed by atoms with Crippen molar-refractivity contribution >= 4 is 5.91 Å². The molecule has 17 heavy (non-hydrogen) atoms. The molecule has 0 saturated carbocycles. The van der Waals surface area contributed by atoms with Crippen molar-refractivity contribution in [3.8, 4) is 0 Å². The highest BCUT2D eigenvalue weighted by Gasteiger charge is 2.23. The van der Waals surface area contributed by atoms with Gasteiger partial charge in [0.15, 0.2) is 0 Å². The summed E-state index contributed by atoms with van der Waals surface area (Å²) in [5.74, 6) is 0.263. The van der Waals surface area contributed by atoms with E-state index >= 15 is 0 Å². The van der Waals surface area contributed by atoms with Gasteiger partial charge in [0.25, 0.3) is 0 Å². The van der Waals surface area contributed by atoms with Gasteiger partial charge in [-0.2, -0.15) is 0 Å². The fourth-order valence-corrected chi connectivity index (χ4v) is 2.45. The van der Waals surface area contributed by atoms with Crippen LogP contribution in [0.25, 0.3) is 0 Å². The highest BCUT2D eigenvalue weighted by Crippen LogP contribution is 2.12. The van der Waals surface area contributed by atoms with E-state index in [1.54, 1.807) is 0 Å². The SMILES string of the molecule is CCN(CC)C(=O)CN(CC)C1CC[N]CC1. The predicted octanol–water partition coefficient (Wildman–Crippen LogP) is 0.944. The molecule has 0 aromatic heterocycles. The fraction of sp³-hybridized carbons (Fsp3) is 0.923. The number of carbonyl (C=O) groups excluding carboxylic acids is 1. The second-order valence-corrected chi connectivity index (χ2v) is 4.53. The van der Waals surface area contributed by atoms with Crippen LogP contribution in [0.1, 0.15) is 33.6 Å². The van der Waals surface area contributed by atoms with Gasteiger partial charge in [-0.05, 0) is 33.2 Å². The Morgan fingerprint density at radius 3 is 2.18 bits per heavy atom. The van der Waals surface area contributed by atoms with Crippen molar-refractivity contribution in [2.75, 3.05) is 39.3 Å². The molecule has 0 spiro atoms. The van der Waals surface area contributed by atoms with Gasteiger partial charge >= 0.3 is 0 Å². The Bertz CT molecular complexity index is 223. The van der Waals surface area contributed by atoms with Crippen molar-refractivity contribution in [1.29, 1.82) is 0 Å². The standard InChI is InChI=1S/C13H26N3O/c1-4-15(5-2)13(17)11-16(6-3)12-7-9-14-10-8-12/h12H,4-11H2,1-3H3. The zero-order valence-corrected chi connectivity index (χ0v) is 11.5. The molecule has 1 saturated heterocycles. The predicted molar refractivity (Wildman–Crippen MR) is 70.1 cm³/mol. The van der Waals surface area contributed by atoms with Crippen LogP contribution in [-0.2, 0) is 4.79 Å². The maximum Gasteiger partial charge on any atom is 0.236 e. The van der Waals surface area contributed by atoms with Gasteiger partial charge < -0.3 is 4.90 Å². The minimum atomic E-state index is 0.263. The van der Waals surface area contributed by atoms with Crippen LogP contribution in [0, 0.1) is 0 Å². The first-order valence-corrected chi connectivity index (χ1v) is 6.87. The summed E-state index contributed by atoms with van der Waals surface area (Å²) >= 11 is 0. The van der Waals surface area contributed by atoms with Gasteiger partial charge in [-0.3, -0.25) is 9.69 Å². The second-order valence-electron chi connectivity index (χ2n) is 4.53. The largest absolute Gasteiger partial charge is 0.342 e. The summed E-state index contributed by atoms with van der Waals surface area (Å²) in [6, 6.07) is 0.553. The maximum absolute atomic E-state index is 12.1. The Kier molecular flexibility index (Phi) is 6.52. The third-order valence-electron chi connectivity index (χ3n) is 3.62. The number of hydrogen-bond acceptors (Lipinski definition) is 2. The first kappa shape index (κ1) is 14.5. The van der Waals surface area contributed by atoms with Crippen LogP contribution < -0.4 is 5.32 Å². The van der Waals surface area contributed by atoms with E-state index in [1.165, 1.54) is 0 Å². The molecule has 1 amide bonds. The first-order valence-electron chi connectivity index (χ1n) is 6.87. The van der Waals surface area contributed by atoms with Crippen molar-refractivity contribution in [1.82, 2.24) is 15.1 Å². The van der Waals surface area contributed by atoms with E-state index in [0.29, 0.717) is 12.6 Å². The van der Waals surface area contributed by atoms with Gasteiger partial charge in [-0.25, -0.2) is 5.32 Å². The average Bonchev–Trinajstić information content (AvgIpc) is 2.38. The van der Waals surface area contributed by atoms with Crippen molar-refractivity contribution < 1.29 is 4.79 Å². The van der Waals surface area contributed by atoms with Gasteiger partial charge in [-0.15, -0.1) is 0 Å². The number of nitrogens with zero attached hydrogens (tertiary/aromatic N) is 3. The molecule has 4 heteroatoms. The van der Waals surface area contributed by atoms with Crippen LogP contribution in [0.15, 0.2) is 0 Å². The smallest absolute Gasteiger partial charge is 0.236 e. The Morgan fingerprint density at radius 1 is 1.12 bits per heavy atom.